The first-order valence-corrected chi connectivity index (χ1v) is 7.25. The summed E-state index contributed by atoms with van der Waals surface area (Å²) in [5.41, 5.74) is 0.858. The topological polar surface area (TPSA) is 32.3 Å². The molecule has 0 radical (unpaired) electrons. The lowest BCUT2D eigenvalue weighted by atomic mass is 10.3. The summed E-state index contributed by atoms with van der Waals surface area (Å²) in [4.78, 5) is 14.3. The fourth-order valence-corrected chi connectivity index (χ4v) is 2.74. The summed E-state index contributed by atoms with van der Waals surface area (Å²) in [5, 5.41) is 3.09. The molecule has 0 fully saturated rings. The van der Waals surface area contributed by atoms with Crippen LogP contribution in [0.2, 0.25) is 0 Å². The van der Waals surface area contributed by atoms with Crippen LogP contribution in [-0.4, -0.2) is 23.3 Å². The molecule has 1 rings (SSSR count). The smallest absolute Gasteiger partial charge is 0.224 e. The van der Waals surface area contributed by atoms with Crippen LogP contribution in [-0.2, 0) is 4.79 Å². The van der Waals surface area contributed by atoms with Gasteiger partial charge in [0.2, 0.25) is 5.91 Å². The lowest BCUT2D eigenvalue weighted by Crippen LogP contribution is -2.28. The Morgan fingerprint density at radius 2 is 2.32 bits per heavy atom. The van der Waals surface area contributed by atoms with Gasteiger partial charge in [0, 0.05) is 30.6 Å². The van der Waals surface area contributed by atoms with Gasteiger partial charge in [-0.25, -0.2) is 0 Å². The van der Waals surface area contributed by atoms with E-state index in [1.807, 2.05) is 31.2 Å². The number of hydrogen-bond donors (Lipinski definition) is 1. The Kier molecular flexibility index (Phi) is 6.59. The number of nitrogens with one attached hydrogen (secondary N) is 1. The van der Waals surface area contributed by atoms with Crippen LogP contribution in [0.3, 0.4) is 0 Å². The van der Waals surface area contributed by atoms with Gasteiger partial charge in [0.25, 0.3) is 0 Å². The summed E-state index contributed by atoms with van der Waals surface area (Å²) in [6, 6.07) is 7.76. The lowest BCUT2D eigenvalue weighted by Gasteiger charge is -2.20. The zero-order valence-electron chi connectivity index (χ0n) is 11.2. The predicted molar refractivity (Wildman–Crippen MR) is 86.8 cm³/mol. The van der Waals surface area contributed by atoms with E-state index in [-0.39, 0.29) is 5.91 Å². The largest absolute Gasteiger partial charge is 0.371 e. The molecule has 0 saturated carbocycles. The number of benzene rings is 1. The second kappa shape index (κ2) is 7.96. The van der Waals surface area contributed by atoms with Crippen molar-refractivity contribution in [3.05, 3.63) is 36.9 Å². The quantitative estimate of drug-likeness (QED) is 0.513. The molecular weight excluding hydrogens is 276 g/mol. The Morgan fingerprint density at radius 1 is 1.58 bits per heavy atom. The summed E-state index contributed by atoms with van der Waals surface area (Å²) in [5.74, 6) is -0.00342. The summed E-state index contributed by atoms with van der Waals surface area (Å²) in [7, 11) is 0. The molecule has 0 heterocycles. The molecule has 1 aromatic rings. The summed E-state index contributed by atoms with van der Waals surface area (Å²) in [6.07, 6.45) is 1.71. The van der Waals surface area contributed by atoms with Crippen molar-refractivity contribution in [3.63, 3.8) is 0 Å². The van der Waals surface area contributed by atoms with Gasteiger partial charge in [-0.2, -0.15) is 0 Å². The van der Waals surface area contributed by atoms with Crippen molar-refractivity contribution in [1.82, 2.24) is 5.32 Å². The molecule has 0 aliphatic heterocycles. The summed E-state index contributed by atoms with van der Waals surface area (Å²) >= 11 is 6.69. The molecule has 3 nitrogen and oxygen atoms in total. The van der Waals surface area contributed by atoms with E-state index in [4.69, 9.17) is 12.2 Å². The Morgan fingerprint density at radius 3 is 2.89 bits per heavy atom. The minimum Gasteiger partial charge on any atom is -0.371 e. The van der Waals surface area contributed by atoms with Gasteiger partial charge in [0.05, 0.1) is 0 Å². The number of rotatable bonds is 5. The van der Waals surface area contributed by atoms with Crippen LogP contribution in [0.4, 0.5) is 5.69 Å². The van der Waals surface area contributed by atoms with Crippen molar-refractivity contribution in [2.24, 2.45) is 0 Å². The number of thiocarbonyl (C=S) groups is 1. The first-order chi connectivity index (χ1) is 9.08. The van der Waals surface area contributed by atoms with E-state index in [9.17, 15) is 4.79 Å². The van der Waals surface area contributed by atoms with Crippen molar-refractivity contribution in [2.45, 2.75) is 18.7 Å². The molecule has 1 amide bonds. The first-order valence-electron chi connectivity index (χ1n) is 6.03. The van der Waals surface area contributed by atoms with Crippen LogP contribution in [0.25, 0.3) is 0 Å². The molecule has 1 aromatic carbocycles. The molecule has 0 bridgehead atoms. The minimum atomic E-state index is -0.00342. The predicted octanol–water partition coefficient (Wildman–Crippen LogP) is 3.21. The third kappa shape index (κ3) is 5.04. The van der Waals surface area contributed by atoms with Crippen molar-refractivity contribution in [3.8, 4) is 0 Å². The zero-order valence-corrected chi connectivity index (χ0v) is 12.8. The van der Waals surface area contributed by atoms with E-state index >= 15 is 0 Å². The van der Waals surface area contributed by atoms with Crippen LogP contribution in [0.5, 0.6) is 0 Å². The molecule has 0 atom stereocenters. The molecule has 0 saturated heterocycles. The fraction of sp³-hybridized carbons (Fsp3) is 0.286. The zero-order chi connectivity index (χ0) is 14.3. The van der Waals surface area contributed by atoms with Gasteiger partial charge in [-0.15, -0.1) is 6.58 Å². The van der Waals surface area contributed by atoms with E-state index in [0.29, 0.717) is 6.54 Å². The number of amides is 1. The average molecular weight is 294 g/mol. The highest BCUT2D eigenvalue weighted by Gasteiger charge is 2.10. The molecule has 0 unspecified atom stereocenters. The molecule has 0 aliphatic rings. The van der Waals surface area contributed by atoms with Crippen LogP contribution in [0.1, 0.15) is 13.8 Å². The highest BCUT2D eigenvalue weighted by Crippen LogP contribution is 2.24. The Hall–Kier alpha value is -1.33. The monoisotopic (exact) mass is 294 g/mol. The molecule has 19 heavy (non-hydrogen) atoms. The normalized spacial score (nSPS) is 9.79. The molecule has 1 N–H and O–H groups in total. The van der Waals surface area contributed by atoms with Crippen molar-refractivity contribution in [1.29, 1.82) is 0 Å². The van der Waals surface area contributed by atoms with Gasteiger partial charge in [0.15, 0.2) is 0 Å². The second-order valence-electron chi connectivity index (χ2n) is 3.84. The number of carbonyl (C=O) groups is 1. The third-order valence-corrected chi connectivity index (χ3v) is 3.57. The van der Waals surface area contributed by atoms with Crippen LogP contribution in [0, 0.1) is 0 Å². The van der Waals surface area contributed by atoms with Gasteiger partial charge in [0.1, 0.15) is 4.32 Å². The van der Waals surface area contributed by atoms with Crippen LogP contribution < -0.4 is 10.2 Å². The van der Waals surface area contributed by atoms with E-state index in [1.165, 1.54) is 11.8 Å². The molecule has 102 valence electrons. The van der Waals surface area contributed by atoms with Crippen molar-refractivity contribution in [2.75, 3.05) is 18.0 Å². The number of anilines is 1. The average Bonchev–Trinajstić information content (AvgIpc) is 2.36. The Labute approximate surface area is 124 Å². The van der Waals surface area contributed by atoms with Gasteiger partial charge < -0.3 is 10.2 Å². The molecule has 0 aliphatic carbocycles. The van der Waals surface area contributed by atoms with E-state index in [1.54, 1.807) is 17.9 Å². The Balaban J connectivity index is 2.88. The van der Waals surface area contributed by atoms with E-state index in [2.05, 4.69) is 11.9 Å². The molecule has 0 aromatic heterocycles. The lowest BCUT2D eigenvalue weighted by molar-refractivity contribution is -0.116. The highest BCUT2D eigenvalue weighted by molar-refractivity contribution is 8.23. The number of nitrogens with zero attached hydrogens (tertiary/aromatic N) is 1. The van der Waals surface area contributed by atoms with Crippen LogP contribution in [0.15, 0.2) is 41.8 Å². The molecule has 5 heteroatoms. The minimum absolute atomic E-state index is 0.00342. The highest BCUT2D eigenvalue weighted by atomic mass is 32.2. The van der Waals surface area contributed by atoms with Gasteiger partial charge >= 0.3 is 0 Å². The maximum Gasteiger partial charge on any atom is 0.224 e. The summed E-state index contributed by atoms with van der Waals surface area (Å²) < 4.78 is 0.734. The number of thioether (sulfide) groups is 1. The first kappa shape index (κ1) is 15.7. The Bertz CT molecular complexity index is 474. The number of hydrogen-bond acceptors (Lipinski definition) is 3. The van der Waals surface area contributed by atoms with Crippen LogP contribution >= 0.6 is 24.0 Å². The second-order valence-corrected chi connectivity index (χ2v) is 5.59. The van der Waals surface area contributed by atoms with Gasteiger partial charge in [-0.05, 0) is 25.1 Å². The van der Waals surface area contributed by atoms with E-state index in [0.717, 1.165) is 21.4 Å². The summed E-state index contributed by atoms with van der Waals surface area (Å²) in [6.45, 7) is 8.53. The van der Waals surface area contributed by atoms with Crippen molar-refractivity contribution < 1.29 is 4.79 Å². The molecule has 0 spiro atoms. The van der Waals surface area contributed by atoms with Gasteiger partial charge in [-0.3, -0.25) is 4.79 Å². The van der Waals surface area contributed by atoms with Crippen molar-refractivity contribution >= 4 is 39.9 Å². The van der Waals surface area contributed by atoms with E-state index < -0.39 is 0 Å². The molecular formula is C14H18N2OS2. The number of carbonyl (C=O) groups excluding carboxylic acids is 1. The maximum atomic E-state index is 11.6. The SMILES string of the molecule is C=CCN(C(C)=O)c1cccc(SC(=S)NCC)c1. The fourth-order valence-electron chi connectivity index (χ4n) is 1.55. The third-order valence-electron chi connectivity index (χ3n) is 2.35. The maximum absolute atomic E-state index is 11.6. The van der Waals surface area contributed by atoms with Gasteiger partial charge in [-0.1, -0.05) is 36.1 Å². The standard InChI is InChI=1S/C14H18N2OS2/c1-4-9-16(11(3)17)12-7-6-8-13(10-12)19-14(18)15-5-2/h4,6-8,10H,1,5,9H2,2-3H3,(H,15,18).